The molecule has 1 heterocycles. The Labute approximate surface area is 200 Å². The van der Waals surface area contributed by atoms with Gasteiger partial charge in [0.05, 0.1) is 26.7 Å². The third-order valence-electron chi connectivity index (χ3n) is 5.14. The molecule has 0 saturated carbocycles. The molecule has 0 aliphatic rings. The van der Waals surface area contributed by atoms with E-state index in [9.17, 15) is 18.0 Å². The van der Waals surface area contributed by atoms with Crippen LogP contribution in [0.5, 0.6) is 0 Å². The first-order chi connectivity index (χ1) is 16.1. The van der Waals surface area contributed by atoms with Crippen LogP contribution in [0.3, 0.4) is 0 Å². The van der Waals surface area contributed by atoms with E-state index in [2.05, 4.69) is 10.3 Å². The van der Waals surface area contributed by atoms with E-state index >= 15 is 0 Å². The molecule has 4 aromatic rings. The van der Waals surface area contributed by atoms with Crippen LogP contribution in [-0.4, -0.2) is 29.1 Å². The largest absolute Gasteiger partial charge is 0.325 e. The first-order valence-electron chi connectivity index (χ1n) is 10.3. The molecule has 174 valence electrons. The van der Waals surface area contributed by atoms with Crippen molar-refractivity contribution in [1.29, 1.82) is 0 Å². The molecule has 0 saturated heterocycles. The molecule has 8 nitrogen and oxygen atoms in total. The van der Waals surface area contributed by atoms with Crippen molar-refractivity contribution < 1.29 is 13.2 Å². The van der Waals surface area contributed by atoms with Gasteiger partial charge in [-0.25, -0.2) is 18.5 Å². The smallest absolute Gasteiger partial charge is 0.266 e. The van der Waals surface area contributed by atoms with Gasteiger partial charge in [0, 0.05) is 5.69 Å². The zero-order chi connectivity index (χ0) is 24.5. The second kappa shape index (κ2) is 9.41. The Balaban J connectivity index is 1.65. The van der Waals surface area contributed by atoms with Gasteiger partial charge in [-0.2, -0.15) is 0 Å². The van der Waals surface area contributed by atoms with Crippen LogP contribution in [0.15, 0.2) is 87.6 Å². The van der Waals surface area contributed by atoms with Crippen LogP contribution >= 0.6 is 11.8 Å². The maximum absolute atomic E-state index is 13.3. The minimum Gasteiger partial charge on any atom is -0.325 e. The molecule has 0 radical (unpaired) electrons. The number of benzene rings is 3. The van der Waals surface area contributed by atoms with E-state index in [1.807, 2.05) is 31.2 Å². The monoisotopic (exact) mass is 494 g/mol. The second-order valence-corrected chi connectivity index (χ2v) is 10.6. The van der Waals surface area contributed by atoms with Gasteiger partial charge < -0.3 is 5.32 Å². The summed E-state index contributed by atoms with van der Waals surface area (Å²) in [6.07, 6.45) is 0. The molecule has 0 bridgehead atoms. The highest BCUT2D eigenvalue weighted by Crippen LogP contribution is 2.26. The molecular formula is C24H22N4O4S2. The Morgan fingerprint density at radius 2 is 1.68 bits per heavy atom. The predicted octanol–water partition coefficient (Wildman–Crippen LogP) is 3.46. The van der Waals surface area contributed by atoms with E-state index < -0.39 is 15.3 Å². The number of sulfonamides is 1. The lowest BCUT2D eigenvalue weighted by Gasteiger charge is -2.16. The number of nitrogens with one attached hydrogen (secondary N) is 1. The van der Waals surface area contributed by atoms with Gasteiger partial charge in [0.1, 0.15) is 0 Å². The first-order valence-corrected chi connectivity index (χ1v) is 12.8. The van der Waals surface area contributed by atoms with Crippen LogP contribution in [0, 0.1) is 6.92 Å². The van der Waals surface area contributed by atoms with E-state index in [4.69, 9.17) is 5.14 Å². The van der Waals surface area contributed by atoms with Crippen molar-refractivity contribution in [2.45, 2.75) is 29.1 Å². The molecule has 1 amide bonds. The molecule has 34 heavy (non-hydrogen) atoms. The lowest BCUT2D eigenvalue weighted by Crippen LogP contribution is -2.26. The standard InChI is InChI=1S/C24H22N4O4S2/c1-15-7-11-18(12-8-15)28-23(30)20-5-3-4-6-21(20)27-24(28)33-16(2)22(29)26-17-9-13-19(14-10-17)34(25,31)32/h3-14,16H,1-2H3,(H,26,29)(H2,25,31,32). The highest BCUT2D eigenvalue weighted by molar-refractivity contribution is 8.00. The van der Waals surface area contributed by atoms with Crippen LogP contribution in [0.1, 0.15) is 12.5 Å². The summed E-state index contributed by atoms with van der Waals surface area (Å²) >= 11 is 1.16. The zero-order valence-electron chi connectivity index (χ0n) is 18.4. The maximum atomic E-state index is 13.3. The number of carbonyl (C=O) groups is 1. The summed E-state index contributed by atoms with van der Waals surface area (Å²) < 4.78 is 24.3. The van der Waals surface area contributed by atoms with Crippen LogP contribution in [0.4, 0.5) is 5.69 Å². The molecule has 3 N–H and O–H groups in total. The van der Waals surface area contributed by atoms with Crippen molar-refractivity contribution in [2.75, 3.05) is 5.32 Å². The van der Waals surface area contributed by atoms with Crippen LogP contribution in [0.25, 0.3) is 16.6 Å². The number of carbonyl (C=O) groups excluding carboxylic acids is 1. The summed E-state index contributed by atoms with van der Waals surface area (Å²) in [6, 6.07) is 20.2. The number of fused-ring (bicyclic) bond motifs is 1. The predicted molar refractivity (Wildman–Crippen MR) is 134 cm³/mol. The summed E-state index contributed by atoms with van der Waals surface area (Å²) in [5.74, 6) is -0.328. The van der Waals surface area contributed by atoms with E-state index in [-0.39, 0.29) is 16.4 Å². The van der Waals surface area contributed by atoms with Crippen LogP contribution < -0.4 is 16.0 Å². The van der Waals surface area contributed by atoms with E-state index in [0.717, 1.165) is 17.3 Å². The Bertz CT molecular complexity index is 1530. The number of aryl methyl sites for hydroxylation is 1. The van der Waals surface area contributed by atoms with Gasteiger partial charge in [-0.1, -0.05) is 41.6 Å². The number of primary sulfonamides is 1. The van der Waals surface area contributed by atoms with E-state index in [1.165, 1.54) is 28.8 Å². The molecule has 1 aromatic heterocycles. The summed E-state index contributed by atoms with van der Waals surface area (Å²) in [5.41, 5.74) is 2.46. The van der Waals surface area contributed by atoms with Gasteiger partial charge in [-0.15, -0.1) is 0 Å². The average molecular weight is 495 g/mol. The fourth-order valence-electron chi connectivity index (χ4n) is 3.30. The van der Waals surface area contributed by atoms with Gasteiger partial charge in [0.15, 0.2) is 5.16 Å². The lowest BCUT2D eigenvalue weighted by atomic mass is 10.2. The third-order valence-corrected chi connectivity index (χ3v) is 7.12. The topological polar surface area (TPSA) is 124 Å². The van der Waals surface area contributed by atoms with Crippen molar-refractivity contribution in [1.82, 2.24) is 9.55 Å². The van der Waals surface area contributed by atoms with Gasteiger partial charge in [-0.3, -0.25) is 14.2 Å². The number of nitrogens with two attached hydrogens (primary N) is 1. The lowest BCUT2D eigenvalue weighted by molar-refractivity contribution is -0.115. The second-order valence-electron chi connectivity index (χ2n) is 7.71. The zero-order valence-corrected chi connectivity index (χ0v) is 20.1. The Morgan fingerprint density at radius 3 is 2.32 bits per heavy atom. The third kappa shape index (κ3) is 5.04. The Morgan fingerprint density at radius 1 is 1.03 bits per heavy atom. The maximum Gasteiger partial charge on any atom is 0.266 e. The number of para-hydroxylation sites is 1. The van der Waals surface area contributed by atoms with Crippen molar-refractivity contribution in [2.24, 2.45) is 5.14 Å². The highest BCUT2D eigenvalue weighted by Gasteiger charge is 2.20. The number of nitrogens with zero attached hydrogens (tertiary/aromatic N) is 2. The number of hydrogen-bond donors (Lipinski definition) is 2. The minimum absolute atomic E-state index is 0.0459. The molecule has 10 heteroatoms. The van der Waals surface area contributed by atoms with E-state index in [0.29, 0.717) is 27.4 Å². The van der Waals surface area contributed by atoms with Crippen LogP contribution in [0.2, 0.25) is 0 Å². The molecule has 1 atom stereocenters. The van der Waals surface area contributed by atoms with Crippen molar-refractivity contribution in [3.8, 4) is 5.69 Å². The summed E-state index contributed by atoms with van der Waals surface area (Å²) in [6.45, 7) is 3.67. The van der Waals surface area contributed by atoms with Crippen molar-refractivity contribution in [3.63, 3.8) is 0 Å². The molecular weight excluding hydrogens is 472 g/mol. The molecule has 4 rings (SSSR count). The Kier molecular flexibility index (Phi) is 6.56. The van der Waals surface area contributed by atoms with Gasteiger partial charge in [-0.05, 0) is 62.4 Å². The summed E-state index contributed by atoms with van der Waals surface area (Å²) in [5, 5.41) is 8.13. The normalized spacial score (nSPS) is 12.4. The number of amides is 1. The van der Waals surface area contributed by atoms with E-state index in [1.54, 1.807) is 31.2 Å². The number of anilines is 1. The molecule has 0 fully saturated rings. The highest BCUT2D eigenvalue weighted by atomic mass is 32.2. The molecule has 0 spiro atoms. The van der Waals surface area contributed by atoms with Crippen LogP contribution in [-0.2, 0) is 14.8 Å². The molecule has 0 aliphatic heterocycles. The van der Waals surface area contributed by atoms with Gasteiger partial charge in [0.25, 0.3) is 5.56 Å². The molecule has 3 aromatic carbocycles. The fraction of sp³-hybridized carbons (Fsp3) is 0.125. The summed E-state index contributed by atoms with van der Waals surface area (Å²) in [7, 11) is -3.82. The number of thioether (sulfide) groups is 1. The van der Waals surface area contributed by atoms with Crippen molar-refractivity contribution >= 4 is 44.3 Å². The average Bonchev–Trinajstić information content (AvgIpc) is 2.80. The first kappa shape index (κ1) is 23.7. The minimum atomic E-state index is -3.82. The number of aromatic nitrogens is 2. The quantitative estimate of drug-likeness (QED) is 0.312. The molecule has 0 aliphatic carbocycles. The number of rotatable bonds is 6. The SMILES string of the molecule is Cc1ccc(-n2c(SC(C)C(=O)Nc3ccc(S(N)(=O)=O)cc3)nc3ccccc3c2=O)cc1. The van der Waals surface area contributed by atoms with Gasteiger partial charge >= 0.3 is 0 Å². The number of hydrogen-bond acceptors (Lipinski definition) is 6. The van der Waals surface area contributed by atoms with Crippen molar-refractivity contribution in [3.05, 3.63) is 88.7 Å². The Hall–Kier alpha value is -3.47. The summed E-state index contributed by atoms with van der Waals surface area (Å²) in [4.78, 5) is 30.8. The van der Waals surface area contributed by atoms with Gasteiger partial charge in [0.2, 0.25) is 15.9 Å². The molecule has 1 unspecified atom stereocenters. The fourth-order valence-corrected chi connectivity index (χ4v) is 4.74.